The molecule has 1 aliphatic rings. The van der Waals surface area contributed by atoms with Gasteiger partial charge in [0.15, 0.2) is 10.8 Å². The lowest BCUT2D eigenvalue weighted by Gasteiger charge is -2.19. The Hall–Kier alpha value is -1.42. The van der Waals surface area contributed by atoms with Crippen LogP contribution in [0.5, 0.6) is 0 Å². The molecular weight excluding hydrogens is 226 g/mol. The van der Waals surface area contributed by atoms with Crippen molar-refractivity contribution in [3.8, 4) is 0 Å². The topological polar surface area (TPSA) is 46.1 Å². The lowest BCUT2D eigenvalue weighted by atomic mass is 10.3. The van der Waals surface area contributed by atoms with Crippen LogP contribution < -0.4 is 0 Å². The van der Waals surface area contributed by atoms with E-state index in [0.29, 0.717) is 23.4 Å². The molecule has 1 saturated carbocycles. The van der Waals surface area contributed by atoms with Crippen molar-refractivity contribution in [2.24, 2.45) is 0 Å². The fourth-order valence-corrected chi connectivity index (χ4v) is 1.60. The van der Waals surface area contributed by atoms with Gasteiger partial charge in [0.1, 0.15) is 0 Å². The molecule has 0 spiro atoms. The molecule has 2 rings (SSSR count). The summed E-state index contributed by atoms with van der Waals surface area (Å²) in [6.45, 7) is 4.20. The van der Waals surface area contributed by atoms with E-state index in [2.05, 4.69) is 16.8 Å². The van der Waals surface area contributed by atoms with Crippen LogP contribution in [0.15, 0.2) is 24.8 Å². The summed E-state index contributed by atoms with van der Waals surface area (Å²) in [4.78, 5) is 13.8. The minimum absolute atomic E-state index is 0.105. The highest BCUT2D eigenvalue weighted by Gasteiger charge is 2.32. The van der Waals surface area contributed by atoms with Gasteiger partial charge in [0.05, 0.1) is 0 Å². The summed E-state index contributed by atoms with van der Waals surface area (Å²) in [6, 6.07) is 3.50. The maximum absolute atomic E-state index is 12.1. The minimum atomic E-state index is -0.105. The fraction of sp³-hybridized carbons (Fsp3) is 0.364. The standard InChI is InChI=1S/C11H12ClN3O/c1-2-7-15(8-3-4-8)11(16)9-5-6-10(12)14-13-9/h2,5-6,8H,1,3-4,7H2. The molecule has 0 bridgehead atoms. The van der Waals surface area contributed by atoms with Gasteiger partial charge < -0.3 is 4.90 Å². The van der Waals surface area contributed by atoms with Crippen molar-refractivity contribution in [3.63, 3.8) is 0 Å². The normalized spacial score (nSPS) is 14.6. The van der Waals surface area contributed by atoms with Gasteiger partial charge in [-0.2, -0.15) is 0 Å². The van der Waals surface area contributed by atoms with E-state index in [9.17, 15) is 4.79 Å². The Morgan fingerprint density at radius 3 is 2.81 bits per heavy atom. The van der Waals surface area contributed by atoms with Gasteiger partial charge in [0, 0.05) is 12.6 Å². The van der Waals surface area contributed by atoms with E-state index >= 15 is 0 Å². The third-order valence-electron chi connectivity index (χ3n) is 2.43. The zero-order valence-corrected chi connectivity index (χ0v) is 9.52. The summed E-state index contributed by atoms with van der Waals surface area (Å²) in [6.07, 6.45) is 3.83. The number of halogens is 1. The van der Waals surface area contributed by atoms with Gasteiger partial charge >= 0.3 is 0 Å². The first kappa shape index (κ1) is 11.1. The summed E-state index contributed by atoms with van der Waals surface area (Å²) >= 11 is 5.62. The highest BCUT2D eigenvalue weighted by molar-refractivity contribution is 6.29. The molecule has 1 heterocycles. The second kappa shape index (κ2) is 4.61. The van der Waals surface area contributed by atoms with Crippen LogP contribution in [0.2, 0.25) is 5.15 Å². The van der Waals surface area contributed by atoms with E-state index in [1.54, 1.807) is 23.1 Å². The Morgan fingerprint density at radius 1 is 1.56 bits per heavy atom. The summed E-state index contributed by atoms with van der Waals surface area (Å²) in [7, 11) is 0. The largest absolute Gasteiger partial charge is 0.331 e. The van der Waals surface area contributed by atoms with Crippen LogP contribution in [0.1, 0.15) is 23.3 Å². The highest BCUT2D eigenvalue weighted by Crippen LogP contribution is 2.27. The molecule has 1 fully saturated rings. The van der Waals surface area contributed by atoms with Crippen LogP contribution in [0, 0.1) is 0 Å². The monoisotopic (exact) mass is 237 g/mol. The van der Waals surface area contributed by atoms with Crippen LogP contribution in [-0.2, 0) is 0 Å². The number of nitrogens with zero attached hydrogens (tertiary/aromatic N) is 3. The molecule has 16 heavy (non-hydrogen) atoms. The summed E-state index contributed by atoms with van der Waals surface area (Å²) in [5.74, 6) is -0.105. The Labute approximate surface area is 98.9 Å². The molecule has 0 aromatic carbocycles. The minimum Gasteiger partial charge on any atom is -0.331 e. The number of amides is 1. The zero-order chi connectivity index (χ0) is 11.5. The predicted octanol–water partition coefficient (Wildman–Crippen LogP) is 1.92. The first-order valence-corrected chi connectivity index (χ1v) is 5.51. The van der Waals surface area contributed by atoms with Gasteiger partial charge in [-0.05, 0) is 25.0 Å². The number of hydrogen-bond acceptors (Lipinski definition) is 3. The molecule has 4 nitrogen and oxygen atoms in total. The lowest BCUT2D eigenvalue weighted by Crippen LogP contribution is -2.33. The highest BCUT2D eigenvalue weighted by atomic mass is 35.5. The maximum Gasteiger partial charge on any atom is 0.274 e. The molecule has 5 heteroatoms. The first-order chi connectivity index (χ1) is 7.72. The smallest absolute Gasteiger partial charge is 0.274 e. The second-order valence-electron chi connectivity index (χ2n) is 3.72. The van der Waals surface area contributed by atoms with E-state index in [0.717, 1.165) is 12.8 Å². The van der Waals surface area contributed by atoms with Crippen LogP contribution in [0.3, 0.4) is 0 Å². The van der Waals surface area contributed by atoms with Crippen LogP contribution in [0.4, 0.5) is 0 Å². The van der Waals surface area contributed by atoms with Crippen molar-refractivity contribution in [2.75, 3.05) is 6.54 Å². The Kier molecular flexibility index (Phi) is 3.19. The van der Waals surface area contributed by atoms with Gasteiger partial charge in [-0.1, -0.05) is 17.7 Å². The first-order valence-electron chi connectivity index (χ1n) is 5.13. The molecule has 0 unspecified atom stereocenters. The molecule has 1 aliphatic carbocycles. The van der Waals surface area contributed by atoms with Crippen LogP contribution >= 0.6 is 11.6 Å². The number of hydrogen-bond donors (Lipinski definition) is 0. The third-order valence-corrected chi connectivity index (χ3v) is 2.63. The van der Waals surface area contributed by atoms with Crippen molar-refractivity contribution >= 4 is 17.5 Å². The zero-order valence-electron chi connectivity index (χ0n) is 8.77. The molecule has 1 aromatic rings. The quantitative estimate of drug-likeness (QED) is 0.752. The molecule has 1 amide bonds. The molecule has 0 radical (unpaired) electrons. The van der Waals surface area contributed by atoms with Gasteiger partial charge in [0.2, 0.25) is 0 Å². The second-order valence-corrected chi connectivity index (χ2v) is 4.11. The maximum atomic E-state index is 12.1. The SMILES string of the molecule is C=CCN(C(=O)c1ccc(Cl)nn1)C1CC1. The molecule has 0 N–H and O–H groups in total. The molecule has 0 saturated heterocycles. The average Bonchev–Trinajstić information content (AvgIpc) is 3.10. The van der Waals surface area contributed by atoms with E-state index in [4.69, 9.17) is 11.6 Å². The van der Waals surface area contributed by atoms with Crippen molar-refractivity contribution < 1.29 is 4.79 Å². The van der Waals surface area contributed by atoms with E-state index in [1.807, 2.05) is 0 Å². The number of aromatic nitrogens is 2. The van der Waals surface area contributed by atoms with Gasteiger partial charge in [-0.25, -0.2) is 0 Å². The van der Waals surface area contributed by atoms with E-state index < -0.39 is 0 Å². The van der Waals surface area contributed by atoms with E-state index in [1.165, 1.54) is 0 Å². The van der Waals surface area contributed by atoms with Gasteiger partial charge in [-0.15, -0.1) is 16.8 Å². The van der Waals surface area contributed by atoms with E-state index in [-0.39, 0.29) is 5.91 Å². The lowest BCUT2D eigenvalue weighted by molar-refractivity contribution is 0.0755. The summed E-state index contributed by atoms with van der Waals surface area (Å²) in [5, 5.41) is 7.74. The molecule has 1 aromatic heterocycles. The van der Waals surface area contributed by atoms with Crippen LogP contribution in [-0.4, -0.2) is 33.6 Å². The fourth-order valence-electron chi connectivity index (χ4n) is 1.50. The third kappa shape index (κ3) is 2.39. The van der Waals surface area contributed by atoms with Gasteiger partial charge in [-0.3, -0.25) is 4.79 Å². The van der Waals surface area contributed by atoms with Crippen molar-refractivity contribution in [1.82, 2.24) is 15.1 Å². The Balaban J connectivity index is 2.15. The van der Waals surface area contributed by atoms with Crippen molar-refractivity contribution in [3.05, 3.63) is 35.6 Å². The molecule has 84 valence electrons. The summed E-state index contributed by atoms with van der Waals surface area (Å²) in [5.41, 5.74) is 0.332. The Bertz CT molecular complexity index is 400. The Morgan fingerprint density at radius 2 is 2.31 bits per heavy atom. The predicted molar refractivity (Wildman–Crippen MR) is 61.3 cm³/mol. The number of rotatable bonds is 4. The molecule has 0 aliphatic heterocycles. The average molecular weight is 238 g/mol. The van der Waals surface area contributed by atoms with Crippen molar-refractivity contribution in [1.29, 1.82) is 0 Å². The summed E-state index contributed by atoms with van der Waals surface area (Å²) < 4.78 is 0. The molecular formula is C11H12ClN3O. The number of carbonyl (C=O) groups excluding carboxylic acids is 1. The van der Waals surface area contributed by atoms with Crippen molar-refractivity contribution in [2.45, 2.75) is 18.9 Å². The number of carbonyl (C=O) groups is 1. The van der Waals surface area contributed by atoms with Gasteiger partial charge in [0.25, 0.3) is 5.91 Å². The van der Waals surface area contributed by atoms with Crippen LogP contribution in [0.25, 0.3) is 0 Å². The molecule has 0 atom stereocenters.